The summed E-state index contributed by atoms with van der Waals surface area (Å²) in [7, 11) is 0. The Balaban J connectivity index is 1.68. The summed E-state index contributed by atoms with van der Waals surface area (Å²) in [6, 6.07) is 0. The van der Waals surface area contributed by atoms with Crippen molar-refractivity contribution in [2.75, 3.05) is 0 Å². The maximum absolute atomic E-state index is 12.6. The molecule has 4 saturated carbocycles. The Morgan fingerprint density at radius 1 is 1.00 bits per heavy atom. The van der Waals surface area contributed by atoms with Crippen molar-refractivity contribution in [3.8, 4) is 0 Å². The van der Waals surface area contributed by atoms with Crippen molar-refractivity contribution in [1.82, 2.24) is 0 Å². The van der Waals surface area contributed by atoms with E-state index in [2.05, 4.69) is 20.4 Å². The fourth-order valence-corrected chi connectivity index (χ4v) is 7.04. The van der Waals surface area contributed by atoms with Gasteiger partial charge in [-0.2, -0.15) is 0 Å². The topological polar surface area (TPSA) is 17.1 Å². The van der Waals surface area contributed by atoms with Gasteiger partial charge in [-0.15, -0.1) is 0 Å². The summed E-state index contributed by atoms with van der Waals surface area (Å²) in [6.07, 6.45) is 12.0. The average molecular weight is 286 g/mol. The first-order valence-corrected chi connectivity index (χ1v) is 9.19. The average Bonchev–Trinajstić information content (AvgIpc) is 2.70. The molecule has 4 fully saturated rings. The third kappa shape index (κ3) is 1.72. The van der Waals surface area contributed by atoms with E-state index in [0.717, 1.165) is 36.2 Å². The van der Waals surface area contributed by atoms with Crippen molar-refractivity contribution >= 4 is 5.78 Å². The summed E-state index contributed by atoms with van der Waals surface area (Å²) in [6.45, 7) is 8.94. The second-order valence-corrected chi connectivity index (χ2v) is 9.00. The van der Waals surface area contributed by atoms with E-state index in [0.29, 0.717) is 17.1 Å². The van der Waals surface area contributed by atoms with Crippen LogP contribution in [-0.4, -0.2) is 5.78 Å². The van der Waals surface area contributed by atoms with Gasteiger partial charge in [0, 0.05) is 5.41 Å². The lowest BCUT2D eigenvalue weighted by molar-refractivity contribution is -0.137. The van der Waals surface area contributed by atoms with Crippen LogP contribution in [-0.2, 0) is 4.79 Å². The molecule has 0 amide bonds. The van der Waals surface area contributed by atoms with Crippen LogP contribution in [0.25, 0.3) is 0 Å². The van der Waals surface area contributed by atoms with Gasteiger partial charge in [0.05, 0.1) is 0 Å². The van der Waals surface area contributed by atoms with Gasteiger partial charge in [-0.25, -0.2) is 0 Å². The molecule has 1 unspecified atom stereocenters. The molecule has 0 aromatic carbocycles. The number of Topliss-reactive ketones (excluding diaryl/α,β-unsaturated/α-hetero) is 1. The maximum Gasteiger partial charge on any atom is 0.164 e. The van der Waals surface area contributed by atoms with E-state index in [9.17, 15) is 4.79 Å². The number of allylic oxidation sites excluding steroid dienone is 1. The highest BCUT2D eigenvalue weighted by molar-refractivity contribution is 6.02. The van der Waals surface area contributed by atoms with Gasteiger partial charge in [0.15, 0.2) is 5.78 Å². The number of rotatable bonds is 0. The highest BCUT2D eigenvalue weighted by atomic mass is 16.1. The summed E-state index contributed by atoms with van der Waals surface area (Å²) >= 11 is 0. The lowest BCUT2D eigenvalue weighted by Crippen LogP contribution is -2.52. The van der Waals surface area contributed by atoms with Crippen LogP contribution in [0.1, 0.15) is 71.6 Å². The molecule has 0 radical (unpaired) electrons. The van der Waals surface area contributed by atoms with Gasteiger partial charge in [0.1, 0.15) is 0 Å². The highest BCUT2D eigenvalue weighted by Gasteiger charge is 2.60. The molecule has 6 atom stereocenters. The largest absolute Gasteiger partial charge is 0.294 e. The van der Waals surface area contributed by atoms with Gasteiger partial charge < -0.3 is 0 Å². The summed E-state index contributed by atoms with van der Waals surface area (Å²) in [5, 5.41) is 0. The Labute approximate surface area is 129 Å². The highest BCUT2D eigenvalue weighted by Crippen LogP contribution is 2.65. The minimum atomic E-state index is -0.0594. The van der Waals surface area contributed by atoms with E-state index in [1.807, 2.05) is 0 Å². The zero-order valence-corrected chi connectivity index (χ0v) is 13.8. The second-order valence-electron chi connectivity index (χ2n) is 9.00. The standard InChI is InChI=1S/C20H30O/c1-13-12-17-15-8-7-14-6-4-5-10-19(14,2)16(15)9-11-20(17,3)18(13)21/h14-17H,1,4-12H2,2-3H3/t14?,15-,16-,17+,19+,20+/m1/s1. The first kappa shape index (κ1) is 14.0. The molecule has 0 aromatic rings. The number of carbonyl (C=O) groups is 1. The smallest absolute Gasteiger partial charge is 0.164 e. The zero-order chi connectivity index (χ0) is 14.8. The number of ketones is 1. The molecule has 0 bridgehead atoms. The molecular formula is C20H30O. The summed E-state index contributed by atoms with van der Waals surface area (Å²) in [5.74, 6) is 3.66. The normalized spacial score (nSPS) is 53.0. The van der Waals surface area contributed by atoms with Crippen LogP contribution in [0, 0.1) is 34.5 Å². The summed E-state index contributed by atoms with van der Waals surface area (Å²) < 4.78 is 0. The number of fused-ring (bicyclic) bond motifs is 5. The molecule has 4 aliphatic carbocycles. The van der Waals surface area contributed by atoms with Crippen LogP contribution in [0.2, 0.25) is 0 Å². The zero-order valence-electron chi connectivity index (χ0n) is 13.8. The predicted octanol–water partition coefficient (Wildman–Crippen LogP) is 5.15. The Hall–Kier alpha value is -0.590. The number of hydrogen-bond acceptors (Lipinski definition) is 1. The van der Waals surface area contributed by atoms with Crippen LogP contribution in [0.5, 0.6) is 0 Å². The van der Waals surface area contributed by atoms with Crippen molar-refractivity contribution in [2.45, 2.75) is 71.6 Å². The molecule has 1 heteroatoms. The quantitative estimate of drug-likeness (QED) is 0.562. The first-order chi connectivity index (χ1) is 9.97. The number of hydrogen-bond donors (Lipinski definition) is 0. The molecule has 0 heterocycles. The molecular weight excluding hydrogens is 256 g/mol. The molecule has 0 aliphatic heterocycles. The van der Waals surface area contributed by atoms with E-state index in [4.69, 9.17) is 0 Å². The van der Waals surface area contributed by atoms with Crippen molar-refractivity contribution in [1.29, 1.82) is 0 Å². The van der Waals surface area contributed by atoms with Crippen molar-refractivity contribution in [2.24, 2.45) is 34.5 Å². The second kappa shape index (κ2) is 4.46. The van der Waals surface area contributed by atoms with E-state index in [1.54, 1.807) is 0 Å². The van der Waals surface area contributed by atoms with Gasteiger partial charge in [-0.3, -0.25) is 4.79 Å². The molecule has 116 valence electrons. The monoisotopic (exact) mass is 286 g/mol. The third-order valence-corrected chi connectivity index (χ3v) is 8.28. The Morgan fingerprint density at radius 2 is 1.81 bits per heavy atom. The first-order valence-electron chi connectivity index (χ1n) is 9.19. The van der Waals surface area contributed by atoms with E-state index in [1.165, 1.54) is 44.9 Å². The number of carbonyl (C=O) groups excluding carboxylic acids is 1. The molecule has 1 nitrogen and oxygen atoms in total. The minimum Gasteiger partial charge on any atom is -0.294 e. The predicted molar refractivity (Wildman–Crippen MR) is 85.9 cm³/mol. The summed E-state index contributed by atoms with van der Waals surface area (Å²) in [5.41, 5.74) is 1.45. The van der Waals surface area contributed by atoms with Gasteiger partial charge in [-0.05, 0) is 79.6 Å². The SMILES string of the molecule is C=C1C[C@H]2[C@@H]3CCC4CCCC[C@]4(C)[C@@H]3CC[C@]2(C)C1=O. The molecule has 21 heavy (non-hydrogen) atoms. The molecule has 4 aliphatic rings. The van der Waals surface area contributed by atoms with Gasteiger partial charge in [0.2, 0.25) is 0 Å². The lowest BCUT2D eigenvalue weighted by atomic mass is 9.45. The van der Waals surface area contributed by atoms with E-state index >= 15 is 0 Å². The molecule has 4 rings (SSSR count). The molecule has 0 aromatic heterocycles. The fraction of sp³-hybridized carbons (Fsp3) is 0.850. The maximum atomic E-state index is 12.6. The van der Waals surface area contributed by atoms with Crippen LogP contribution in [0.3, 0.4) is 0 Å². The van der Waals surface area contributed by atoms with Gasteiger partial charge in [-0.1, -0.05) is 33.3 Å². The van der Waals surface area contributed by atoms with Crippen molar-refractivity contribution in [3.05, 3.63) is 12.2 Å². The van der Waals surface area contributed by atoms with Gasteiger partial charge in [0.25, 0.3) is 0 Å². The van der Waals surface area contributed by atoms with E-state index < -0.39 is 0 Å². The molecule has 0 spiro atoms. The van der Waals surface area contributed by atoms with Crippen LogP contribution < -0.4 is 0 Å². The Bertz CT molecular complexity index is 492. The fourth-order valence-electron chi connectivity index (χ4n) is 7.04. The van der Waals surface area contributed by atoms with Crippen LogP contribution in [0.4, 0.5) is 0 Å². The Morgan fingerprint density at radius 3 is 2.62 bits per heavy atom. The third-order valence-electron chi connectivity index (χ3n) is 8.28. The van der Waals surface area contributed by atoms with Gasteiger partial charge >= 0.3 is 0 Å². The lowest BCUT2D eigenvalue weighted by Gasteiger charge is -2.59. The Kier molecular flexibility index (Phi) is 2.98. The van der Waals surface area contributed by atoms with Crippen LogP contribution >= 0.6 is 0 Å². The molecule has 0 saturated heterocycles. The van der Waals surface area contributed by atoms with Crippen molar-refractivity contribution < 1.29 is 4.79 Å². The van der Waals surface area contributed by atoms with Crippen molar-refractivity contribution in [3.63, 3.8) is 0 Å². The van der Waals surface area contributed by atoms with Crippen LogP contribution in [0.15, 0.2) is 12.2 Å². The van der Waals surface area contributed by atoms with E-state index in [-0.39, 0.29) is 5.41 Å². The summed E-state index contributed by atoms with van der Waals surface area (Å²) in [4.78, 5) is 12.6. The minimum absolute atomic E-state index is 0.0594. The molecule has 0 N–H and O–H groups in total.